The van der Waals surface area contributed by atoms with E-state index in [0.29, 0.717) is 6.07 Å². The summed E-state index contributed by atoms with van der Waals surface area (Å²) in [5.41, 5.74) is 0.162. The molecular formula is C13H21ClO. The van der Waals surface area contributed by atoms with Gasteiger partial charge in [-0.3, -0.25) is 0 Å². The Bertz CT molecular complexity index is 223. The average Bonchev–Trinajstić information content (AvgIpc) is 2.23. The highest BCUT2D eigenvalue weighted by molar-refractivity contribution is 6.17. The summed E-state index contributed by atoms with van der Waals surface area (Å²) in [6, 6.07) is 0.385. The van der Waals surface area contributed by atoms with Gasteiger partial charge in [-0.2, -0.15) is 0 Å². The van der Waals surface area contributed by atoms with Crippen LogP contribution in [0.5, 0.6) is 0 Å². The van der Waals surface area contributed by atoms with Crippen LogP contribution in [0.25, 0.3) is 0 Å². The maximum Gasteiger partial charge on any atom is 0.121 e. The van der Waals surface area contributed by atoms with Gasteiger partial charge in [-0.15, -0.1) is 0 Å². The van der Waals surface area contributed by atoms with E-state index in [1.807, 2.05) is 0 Å². The van der Waals surface area contributed by atoms with Crippen molar-refractivity contribution in [3.63, 3.8) is 0 Å². The molecule has 0 aromatic carbocycles. The lowest BCUT2D eigenvalue weighted by Gasteiger charge is -2.60. The first-order valence-electron chi connectivity index (χ1n) is 6.48. The van der Waals surface area contributed by atoms with E-state index in [0.717, 1.165) is 30.1 Å². The lowest BCUT2D eigenvalue weighted by molar-refractivity contribution is -0.196. The number of hydrogen-bond donors (Lipinski definition) is 0. The van der Waals surface area contributed by atoms with Crippen LogP contribution in [0.4, 0.5) is 0 Å². The molecule has 86 valence electrons. The van der Waals surface area contributed by atoms with Crippen molar-refractivity contribution in [1.29, 1.82) is 0 Å². The third-order valence-electron chi connectivity index (χ3n) is 5.40. The fourth-order valence-electron chi connectivity index (χ4n) is 5.00. The Balaban J connectivity index is 1.89. The molecule has 0 radical (unpaired) electrons. The maximum absolute atomic E-state index is 6.02. The molecular weight excluding hydrogens is 208 g/mol. The maximum atomic E-state index is 6.02. The zero-order chi connectivity index (χ0) is 10.5. The summed E-state index contributed by atoms with van der Waals surface area (Å²) < 4.78 is 6.02. The zero-order valence-electron chi connectivity index (χ0n) is 9.55. The number of halogens is 1. The zero-order valence-corrected chi connectivity index (χ0v) is 10.3. The van der Waals surface area contributed by atoms with E-state index in [4.69, 9.17) is 16.3 Å². The van der Waals surface area contributed by atoms with Crippen molar-refractivity contribution in [3.05, 3.63) is 0 Å². The Morgan fingerprint density at radius 1 is 1.07 bits per heavy atom. The van der Waals surface area contributed by atoms with Gasteiger partial charge < -0.3 is 4.74 Å². The van der Waals surface area contributed by atoms with Crippen LogP contribution in [-0.2, 0) is 4.74 Å². The van der Waals surface area contributed by atoms with E-state index in [-0.39, 0.29) is 5.60 Å². The number of ether oxygens (including phenoxy) is 1. The van der Waals surface area contributed by atoms with Gasteiger partial charge in [0, 0.05) is 0 Å². The summed E-state index contributed by atoms with van der Waals surface area (Å²) in [7, 11) is 0. The SMILES string of the molecule is CCC1(OCCl)C2CC3CC(C2)CC1C3. The monoisotopic (exact) mass is 228 g/mol. The molecule has 1 nitrogen and oxygen atoms in total. The molecule has 4 fully saturated rings. The molecule has 4 saturated carbocycles. The van der Waals surface area contributed by atoms with E-state index >= 15 is 0 Å². The minimum absolute atomic E-state index is 0.162. The predicted molar refractivity (Wildman–Crippen MR) is 61.9 cm³/mol. The van der Waals surface area contributed by atoms with Crippen LogP contribution in [0.15, 0.2) is 0 Å². The molecule has 0 atom stereocenters. The van der Waals surface area contributed by atoms with E-state index < -0.39 is 0 Å². The summed E-state index contributed by atoms with van der Waals surface area (Å²) in [4.78, 5) is 0. The molecule has 0 unspecified atom stereocenters. The first-order valence-corrected chi connectivity index (χ1v) is 7.02. The van der Waals surface area contributed by atoms with Crippen molar-refractivity contribution in [3.8, 4) is 0 Å². The van der Waals surface area contributed by atoms with Crippen molar-refractivity contribution < 1.29 is 4.74 Å². The molecule has 2 heteroatoms. The summed E-state index contributed by atoms with van der Waals surface area (Å²) >= 11 is 5.84. The standard InChI is InChI=1S/C13H21ClO/c1-2-13(15-8-14)11-4-9-3-10(6-11)7-12(13)5-9/h9-12H,2-8H2,1H3. The van der Waals surface area contributed by atoms with Gasteiger partial charge >= 0.3 is 0 Å². The van der Waals surface area contributed by atoms with E-state index in [1.54, 1.807) is 0 Å². The molecule has 4 aliphatic carbocycles. The van der Waals surface area contributed by atoms with Crippen LogP contribution in [0, 0.1) is 23.7 Å². The molecule has 4 rings (SSSR count). The van der Waals surface area contributed by atoms with Gasteiger partial charge in [0.05, 0.1) is 5.60 Å². The molecule has 4 aliphatic rings. The highest BCUT2D eigenvalue weighted by Crippen LogP contribution is 2.60. The second kappa shape index (κ2) is 3.63. The normalized spacial score (nSPS) is 52.4. The van der Waals surface area contributed by atoms with Crippen molar-refractivity contribution >= 4 is 11.6 Å². The Morgan fingerprint density at radius 3 is 2.00 bits per heavy atom. The molecule has 0 heterocycles. The van der Waals surface area contributed by atoms with Crippen molar-refractivity contribution in [1.82, 2.24) is 0 Å². The molecule has 0 amide bonds. The van der Waals surface area contributed by atoms with Crippen LogP contribution in [-0.4, -0.2) is 11.7 Å². The third kappa shape index (κ3) is 1.39. The minimum atomic E-state index is 0.162. The first kappa shape index (κ1) is 10.4. The number of rotatable bonds is 3. The van der Waals surface area contributed by atoms with Gasteiger partial charge in [-0.05, 0) is 62.2 Å². The lowest BCUT2D eigenvalue weighted by atomic mass is 9.49. The first-order chi connectivity index (χ1) is 7.28. The van der Waals surface area contributed by atoms with E-state index in [9.17, 15) is 0 Å². The van der Waals surface area contributed by atoms with Crippen LogP contribution in [0.2, 0.25) is 0 Å². The van der Waals surface area contributed by atoms with Gasteiger partial charge in [0.15, 0.2) is 0 Å². The molecule has 0 aliphatic heterocycles. The third-order valence-corrected chi connectivity index (χ3v) is 5.51. The molecule has 4 bridgehead atoms. The molecule has 0 spiro atoms. The van der Waals surface area contributed by atoms with Gasteiger partial charge in [-0.1, -0.05) is 18.5 Å². The van der Waals surface area contributed by atoms with Gasteiger partial charge in [-0.25, -0.2) is 0 Å². The smallest absolute Gasteiger partial charge is 0.121 e. The number of alkyl halides is 1. The fraction of sp³-hybridized carbons (Fsp3) is 1.00. The Morgan fingerprint density at radius 2 is 1.60 bits per heavy atom. The molecule has 0 saturated heterocycles. The summed E-state index contributed by atoms with van der Waals surface area (Å²) in [6.45, 7) is 2.29. The fourth-order valence-corrected chi connectivity index (χ4v) is 5.20. The minimum Gasteiger partial charge on any atom is -0.359 e. The largest absolute Gasteiger partial charge is 0.359 e. The topological polar surface area (TPSA) is 9.23 Å². The highest BCUT2D eigenvalue weighted by Gasteiger charge is 2.56. The second-order valence-corrected chi connectivity index (χ2v) is 6.08. The molecule has 15 heavy (non-hydrogen) atoms. The predicted octanol–water partition coefficient (Wildman–Crippen LogP) is 3.80. The quantitative estimate of drug-likeness (QED) is 0.668. The molecule has 0 N–H and O–H groups in total. The van der Waals surface area contributed by atoms with Crippen LogP contribution in [0.1, 0.15) is 45.4 Å². The van der Waals surface area contributed by atoms with Crippen LogP contribution in [0.3, 0.4) is 0 Å². The average molecular weight is 229 g/mol. The van der Waals surface area contributed by atoms with Crippen LogP contribution >= 0.6 is 11.6 Å². The lowest BCUT2D eigenvalue weighted by Crippen LogP contribution is -2.58. The second-order valence-electron chi connectivity index (χ2n) is 5.87. The van der Waals surface area contributed by atoms with Gasteiger partial charge in [0.2, 0.25) is 0 Å². The Kier molecular flexibility index (Phi) is 2.52. The van der Waals surface area contributed by atoms with E-state index in [2.05, 4.69) is 6.92 Å². The number of hydrogen-bond acceptors (Lipinski definition) is 1. The summed E-state index contributed by atoms with van der Waals surface area (Å²) in [5, 5.41) is 0. The van der Waals surface area contributed by atoms with Crippen molar-refractivity contribution in [2.75, 3.05) is 6.07 Å². The van der Waals surface area contributed by atoms with Crippen LogP contribution < -0.4 is 0 Å². The highest BCUT2D eigenvalue weighted by atomic mass is 35.5. The van der Waals surface area contributed by atoms with Crippen molar-refractivity contribution in [2.45, 2.75) is 51.0 Å². The Labute approximate surface area is 97.5 Å². The molecule has 0 aromatic heterocycles. The van der Waals surface area contributed by atoms with Gasteiger partial charge in [0.1, 0.15) is 6.07 Å². The van der Waals surface area contributed by atoms with E-state index in [1.165, 1.54) is 32.1 Å². The molecule has 0 aromatic rings. The summed E-state index contributed by atoms with van der Waals surface area (Å²) in [6.07, 6.45) is 8.33. The summed E-state index contributed by atoms with van der Waals surface area (Å²) in [5.74, 6) is 3.67. The van der Waals surface area contributed by atoms with Gasteiger partial charge in [0.25, 0.3) is 0 Å². The Hall–Kier alpha value is 0.250. The van der Waals surface area contributed by atoms with Crippen molar-refractivity contribution in [2.24, 2.45) is 23.7 Å².